The van der Waals surface area contributed by atoms with Gasteiger partial charge in [0.2, 0.25) is 0 Å². The van der Waals surface area contributed by atoms with E-state index in [1.165, 1.54) is 11.3 Å². The fourth-order valence-electron chi connectivity index (χ4n) is 3.94. The van der Waals surface area contributed by atoms with Crippen LogP contribution in [0, 0.1) is 0 Å². The average Bonchev–Trinajstić information content (AvgIpc) is 3.28. The van der Waals surface area contributed by atoms with Gasteiger partial charge >= 0.3 is 0 Å². The Morgan fingerprint density at radius 2 is 1.82 bits per heavy atom. The van der Waals surface area contributed by atoms with E-state index in [4.69, 9.17) is 14.5 Å². The van der Waals surface area contributed by atoms with Crippen LogP contribution in [0.1, 0.15) is 31.3 Å². The normalized spacial score (nSPS) is 12.4. The van der Waals surface area contributed by atoms with Gasteiger partial charge in [0.15, 0.2) is 11.5 Å². The molecular weight excluding hydrogens is 450 g/mol. The van der Waals surface area contributed by atoms with E-state index in [0.29, 0.717) is 40.6 Å². The number of thiophene rings is 1. The van der Waals surface area contributed by atoms with Crippen LogP contribution in [0.2, 0.25) is 0 Å². The van der Waals surface area contributed by atoms with Gasteiger partial charge < -0.3 is 19.6 Å². The molecule has 7 nitrogen and oxygen atoms in total. The molecule has 0 aliphatic carbocycles. The summed E-state index contributed by atoms with van der Waals surface area (Å²) >= 11 is 1.44. The van der Waals surface area contributed by atoms with Gasteiger partial charge in [-0.1, -0.05) is 36.4 Å². The van der Waals surface area contributed by atoms with Gasteiger partial charge in [-0.15, -0.1) is 11.3 Å². The number of fused-ring (bicyclic) bond motifs is 1. The van der Waals surface area contributed by atoms with Crippen molar-refractivity contribution in [2.75, 3.05) is 20.8 Å². The summed E-state index contributed by atoms with van der Waals surface area (Å²) in [4.78, 5) is 23.6. The molecule has 0 saturated carbocycles. The second kappa shape index (κ2) is 10.4. The summed E-state index contributed by atoms with van der Waals surface area (Å²) in [6.07, 6.45) is -0.627. The van der Waals surface area contributed by atoms with E-state index in [0.717, 1.165) is 16.7 Å². The zero-order valence-corrected chi connectivity index (χ0v) is 20.6. The second-order valence-electron chi connectivity index (χ2n) is 8.36. The molecule has 8 heteroatoms. The summed E-state index contributed by atoms with van der Waals surface area (Å²) in [5.41, 5.74) is 2.35. The number of nitrogens with one attached hydrogen (secondary N) is 1. The molecule has 2 N–H and O–H groups in total. The van der Waals surface area contributed by atoms with Gasteiger partial charge in [-0.25, -0.2) is 4.98 Å². The molecule has 0 saturated heterocycles. The molecule has 0 aliphatic heterocycles. The maximum absolute atomic E-state index is 13.1. The Balaban J connectivity index is 1.62. The van der Waals surface area contributed by atoms with Crippen LogP contribution < -0.4 is 15.0 Å². The molecule has 2 aromatic carbocycles. The van der Waals surface area contributed by atoms with Gasteiger partial charge in [0.25, 0.3) is 5.56 Å². The SMILES string of the molecule is COc1ccc(-c2csc3nc(CN(C[C@H](O)c4ccccc4)C(C)C)[nH]c(=O)c23)cc1OC. The van der Waals surface area contributed by atoms with Crippen LogP contribution in [0.4, 0.5) is 0 Å². The van der Waals surface area contributed by atoms with E-state index in [1.54, 1.807) is 14.2 Å². The van der Waals surface area contributed by atoms with Crippen LogP contribution in [0.25, 0.3) is 21.3 Å². The Labute approximate surface area is 202 Å². The van der Waals surface area contributed by atoms with Crippen molar-refractivity contribution in [1.29, 1.82) is 0 Å². The first-order chi connectivity index (χ1) is 16.4. The average molecular weight is 480 g/mol. The molecule has 0 radical (unpaired) electrons. The predicted molar refractivity (Wildman–Crippen MR) is 136 cm³/mol. The topological polar surface area (TPSA) is 87.7 Å². The zero-order chi connectivity index (χ0) is 24.2. The number of aromatic nitrogens is 2. The number of nitrogens with zero attached hydrogens (tertiary/aromatic N) is 2. The van der Waals surface area contributed by atoms with Crippen LogP contribution in [-0.2, 0) is 6.54 Å². The molecule has 0 fully saturated rings. The molecule has 0 aliphatic rings. The number of H-pyrrole nitrogens is 1. The zero-order valence-electron chi connectivity index (χ0n) is 19.7. The summed E-state index contributed by atoms with van der Waals surface area (Å²) in [6.45, 7) is 4.99. The lowest BCUT2D eigenvalue weighted by Crippen LogP contribution is -2.35. The molecule has 2 aromatic heterocycles. The molecule has 4 aromatic rings. The minimum absolute atomic E-state index is 0.157. The lowest BCUT2D eigenvalue weighted by Gasteiger charge is -2.28. The second-order valence-corrected chi connectivity index (χ2v) is 9.22. The minimum Gasteiger partial charge on any atom is -0.493 e. The Morgan fingerprint density at radius 3 is 2.50 bits per heavy atom. The molecular formula is C26H29N3O4S. The van der Waals surface area contributed by atoms with Crippen LogP contribution in [-0.4, -0.2) is 46.8 Å². The molecule has 178 valence electrons. The molecule has 0 amide bonds. The highest BCUT2D eigenvalue weighted by molar-refractivity contribution is 7.17. The number of rotatable bonds is 9. The van der Waals surface area contributed by atoms with Gasteiger partial charge in [0, 0.05) is 23.5 Å². The van der Waals surface area contributed by atoms with Gasteiger partial charge in [-0.05, 0) is 37.1 Å². The maximum atomic E-state index is 13.1. The van der Waals surface area contributed by atoms with Crippen molar-refractivity contribution in [1.82, 2.24) is 14.9 Å². The van der Waals surface area contributed by atoms with E-state index < -0.39 is 6.10 Å². The quantitative estimate of drug-likeness (QED) is 0.364. The summed E-state index contributed by atoms with van der Waals surface area (Å²) in [7, 11) is 3.18. The summed E-state index contributed by atoms with van der Waals surface area (Å²) in [6, 6.07) is 15.3. The summed E-state index contributed by atoms with van der Waals surface area (Å²) in [5, 5.41) is 13.2. The number of hydrogen-bond donors (Lipinski definition) is 2. The summed E-state index contributed by atoms with van der Waals surface area (Å²) in [5.74, 6) is 1.81. The number of aliphatic hydroxyl groups excluding tert-OH is 1. The highest BCUT2D eigenvalue weighted by atomic mass is 32.1. The number of methoxy groups -OCH3 is 2. The van der Waals surface area contributed by atoms with Crippen LogP contribution in [0.15, 0.2) is 58.7 Å². The third kappa shape index (κ3) is 4.99. The van der Waals surface area contributed by atoms with Gasteiger partial charge in [0.05, 0.1) is 32.3 Å². The van der Waals surface area contributed by atoms with Gasteiger partial charge in [-0.3, -0.25) is 9.69 Å². The highest BCUT2D eigenvalue weighted by Crippen LogP contribution is 2.36. The maximum Gasteiger partial charge on any atom is 0.260 e. The molecule has 4 rings (SSSR count). The smallest absolute Gasteiger partial charge is 0.260 e. The summed E-state index contributed by atoms with van der Waals surface area (Å²) < 4.78 is 10.7. The fraction of sp³-hybridized carbons (Fsp3) is 0.308. The van der Waals surface area contributed by atoms with E-state index in [-0.39, 0.29) is 11.6 Å². The Morgan fingerprint density at radius 1 is 1.09 bits per heavy atom. The Kier molecular flexibility index (Phi) is 7.31. The lowest BCUT2D eigenvalue weighted by atomic mass is 10.1. The third-order valence-electron chi connectivity index (χ3n) is 5.86. The van der Waals surface area contributed by atoms with Crippen molar-refractivity contribution in [3.63, 3.8) is 0 Å². The fourth-order valence-corrected chi connectivity index (χ4v) is 4.90. The monoisotopic (exact) mass is 479 g/mol. The van der Waals surface area contributed by atoms with Crippen LogP contribution in [0.5, 0.6) is 11.5 Å². The number of benzene rings is 2. The third-order valence-corrected chi connectivity index (χ3v) is 6.73. The molecule has 1 atom stereocenters. The first-order valence-corrected chi connectivity index (χ1v) is 12.0. The van der Waals surface area contributed by atoms with Crippen LogP contribution >= 0.6 is 11.3 Å². The van der Waals surface area contributed by atoms with Gasteiger partial charge in [-0.2, -0.15) is 0 Å². The molecule has 0 unspecified atom stereocenters. The standard InChI is InChI=1S/C26H29N3O4S/c1-16(2)29(13-20(30)17-8-6-5-7-9-17)14-23-27-25(31)24-19(15-34-26(24)28-23)18-10-11-21(32-3)22(12-18)33-4/h5-12,15-16,20,30H,13-14H2,1-4H3,(H,27,28,31)/t20-/m0/s1. The van der Waals surface area contributed by atoms with Crippen molar-refractivity contribution in [3.05, 3.63) is 75.7 Å². The number of aromatic amines is 1. The lowest BCUT2D eigenvalue weighted by molar-refractivity contribution is 0.0891. The van der Waals surface area contributed by atoms with Crippen LogP contribution in [0.3, 0.4) is 0 Å². The van der Waals surface area contributed by atoms with E-state index >= 15 is 0 Å². The van der Waals surface area contributed by atoms with Crippen molar-refractivity contribution in [2.45, 2.75) is 32.5 Å². The molecule has 0 spiro atoms. The van der Waals surface area contributed by atoms with E-state index in [9.17, 15) is 9.90 Å². The Hall–Kier alpha value is -3.20. The van der Waals surface area contributed by atoms with E-state index in [1.807, 2.05) is 53.9 Å². The van der Waals surface area contributed by atoms with Crippen molar-refractivity contribution in [2.24, 2.45) is 0 Å². The number of aliphatic hydroxyl groups is 1. The minimum atomic E-state index is -0.627. The van der Waals surface area contributed by atoms with Crippen molar-refractivity contribution >= 4 is 21.6 Å². The first kappa shape index (κ1) is 23.9. The number of hydrogen-bond acceptors (Lipinski definition) is 7. The molecule has 34 heavy (non-hydrogen) atoms. The predicted octanol–water partition coefficient (Wildman–Crippen LogP) is 4.61. The highest BCUT2D eigenvalue weighted by Gasteiger charge is 2.20. The van der Waals surface area contributed by atoms with Crippen molar-refractivity contribution in [3.8, 4) is 22.6 Å². The molecule has 2 heterocycles. The molecule has 0 bridgehead atoms. The Bertz CT molecular complexity index is 1320. The largest absolute Gasteiger partial charge is 0.493 e. The first-order valence-electron chi connectivity index (χ1n) is 11.1. The van der Waals surface area contributed by atoms with E-state index in [2.05, 4.69) is 23.7 Å². The van der Waals surface area contributed by atoms with Crippen molar-refractivity contribution < 1.29 is 14.6 Å². The number of ether oxygens (including phenoxy) is 2. The van der Waals surface area contributed by atoms with Gasteiger partial charge in [0.1, 0.15) is 10.7 Å².